The summed E-state index contributed by atoms with van der Waals surface area (Å²) in [5.41, 5.74) is 1.34. The molecular weight excluding hydrogens is 394 g/mol. The van der Waals surface area contributed by atoms with E-state index in [0.29, 0.717) is 22.9 Å². The molecule has 0 radical (unpaired) electrons. The molecule has 3 aromatic rings. The fraction of sp³-hybridized carbons (Fsp3) is 0.167. The Morgan fingerprint density at radius 3 is 2.52 bits per heavy atom. The number of ether oxygens (including phenoxy) is 2. The molecule has 1 atom stereocenters. The second-order valence-corrected chi connectivity index (χ2v) is 7.03. The third-order valence-corrected chi connectivity index (χ3v) is 4.87. The molecular formula is C24H23N3O4. The molecule has 7 heteroatoms. The first kappa shape index (κ1) is 20.3. The molecule has 158 valence electrons. The number of benzene rings is 3. The Morgan fingerprint density at radius 1 is 1.00 bits per heavy atom. The van der Waals surface area contributed by atoms with Crippen molar-refractivity contribution < 1.29 is 19.1 Å². The summed E-state index contributed by atoms with van der Waals surface area (Å²) in [6.07, 6.45) is -0.693. The number of carbonyl (C=O) groups excluding carboxylic acids is 2. The highest BCUT2D eigenvalue weighted by Gasteiger charge is 2.31. The van der Waals surface area contributed by atoms with Gasteiger partial charge in [0.2, 0.25) is 5.91 Å². The van der Waals surface area contributed by atoms with Gasteiger partial charge in [-0.2, -0.15) is 0 Å². The van der Waals surface area contributed by atoms with Crippen molar-refractivity contribution in [2.45, 2.75) is 6.10 Å². The van der Waals surface area contributed by atoms with Crippen LogP contribution in [0.2, 0.25) is 0 Å². The topological polar surface area (TPSA) is 79.9 Å². The van der Waals surface area contributed by atoms with E-state index in [0.717, 1.165) is 5.69 Å². The summed E-state index contributed by atoms with van der Waals surface area (Å²) in [5.74, 6) is 1.34. The van der Waals surface area contributed by atoms with Gasteiger partial charge in [-0.3, -0.25) is 9.59 Å². The molecule has 0 fully saturated rings. The van der Waals surface area contributed by atoms with Crippen molar-refractivity contribution in [1.82, 2.24) is 5.32 Å². The molecule has 0 saturated heterocycles. The molecule has 0 bridgehead atoms. The number of amides is 2. The highest BCUT2D eigenvalue weighted by Crippen LogP contribution is 2.33. The minimum absolute atomic E-state index is 0.0630. The Morgan fingerprint density at radius 2 is 1.71 bits per heavy atom. The molecule has 0 aliphatic carbocycles. The first-order valence-electron chi connectivity index (χ1n) is 9.98. The minimum atomic E-state index is -0.693. The largest absolute Gasteiger partial charge is 0.477 e. The number of nitrogens with zero attached hydrogens (tertiary/aromatic N) is 1. The van der Waals surface area contributed by atoms with Crippen LogP contribution in [0.4, 0.5) is 11.4 Å². The number of anilines is 2. The highest BCUT2D eigenvalue weighted by molar-refractivity contribution is 5.96. The van der Waals surface area contributed by atoms with Gasteiger partial charge in [0.05, 0.1) is 24.5 Å². The Hall–Kier alpha value is -4.00. The van der Waals surface area contributed by atoms with Crippen molar-refractivity contribution in [3.63, 3.8) is 0 Å². The maximum absolute atomic E-state index is 12.9. The van der Waals surface area contributed by atoms with Crippen molar-refractivity contribution in [2.24, 2.45) is 0 Å². The van der Waals surface area contributed by atoms with Crippen LogP contribution in [0.15, 0.2) is 78.9 Å². The zero-order valence-corrected chi connectivity index (χ0v) is 17.1. The molecule has 2 N–H and O–H groups in total. The molecule has 31 heavy (non-hydrogen) atoms. The van der Waals surface area contributed by atoms with Crippen molar-refractivity contribution in [3.8, 4) is 17.2 Å². The van der Waals surface area contributed by atoms with Gasteiger partial charge in [-0.25, -0.2) is 0 Å². The lowest BCUT2D eigenvalue weighted by atomic mass is 10.1. The summed E-state index contributed by atoms with van der Waals surface area (Å²) in [4.78, 5) is 26.9. The van der Waals surface area contributed by atoms with Gasteiger partial charge < -0.3 is 25.0 Å². The molecule has 1 heterocycles. The van der Waals surface area contributed by atoms with Crippen molar-refractivity contribution in [2.75, 3.05) is 30.4 Å². The first-order chi connectivity index (χ1) is 15.1. The van der Waals surface area contributed by atoms with E-state index in [4.69, 9.17) is 9.47 Å². The predicted molar refractivity (Wildman–Crippen MR) is 119 cm³/mol. The molecule has 0 unspecified atom stereocenters. The number of likely N-dealkylation sites (N-methyl/N-ethyl adjacent to an activating group) is 1. The number of fused-ring (bicyclic) bond motifs is 1. The molecule has 0 saturated carbocycles. The lowest BCUT2D eigenvalue weighted by Crippen LogP contribution is -2.50. The number of carbonyl (C=O) groups is 2. The van der Waals surface area contributed by atoms with Gasteiger partial charge in [0.1, 0.15) is 11.5 Å². The number of hydrogen-bond acceptors (Lipinski definition) is 5. The van der Waals surface area contributed by atoms with Crippen LogP contribution in [0.5, 0.6) is 17.2 Å². The maximum atomic E-state index is 12.9. The van der Waals surface area contributed by atoms with Gasteiger partial charge in [-0.1, -0.05) is 42.5 Å². The summed E-state index contributed by atoms with van der Waals surface area (Å²) >= 11 is 0. The number of nitrogens with one attached hydrogen (secondary N) is 2. The van der Waals surface area contributed by atoms with Gasteiger partial charge in [0.15, 0.2) is 11.9 Å². The quantitative estimate of drug-likeness (QED) is 0.642. The molecule has 4 rings (SSSR count). The summed E-state index contributed by atoms with van der Waals surface area (Å²) < 4.78 is 11.7. The van der Waals surface area contributed by atoms with Crippen molar-refractivity contribution in [1.29, 1.82) is 0 Å². The summed E-state index contributed by atoms with van der Waals surface area (Å²) in [6, 6.07) is 24.0. The summed E-state index contributed by atoms with van der Waals surface area (Å²) in [7, 11) is 1.56. The fourth-order valence-corrected chi connectivity index (χ4v) is 3.39. The zero-order chi connectivity index (χ0) is 21.6. The van der Waals surface area contributed by atoms with E-state index in [9.17, 15) is 9.59 Å². The van der Waals surface area contributed by atoms with E-state index in [2.05, 4.69) is 10.6 Å². The van der Waals surface area contributed by atoms with Gasteiger partial charge in [-0.15, -0.1) is 0 Å². The monoisotopic (exact) mass is 417 g/mol. The van der Waals surface area contributed by atoms with E-state index in [1.165, 1.54) is 0 Å². The lowest BCUT2D eigenvalue weighted by molar-refractivity contribution is -0.127. The maximum Gasteiger partial charge on any atom is 0.262 e. The van der Waals surface area contributed by atoms with Crippen LogP contribution >= 0.6 is 0 Å². The molecule has 0 aromatic heterocycles. The van der Waals surface area contributed by atoms with E-state index in [1.807, 2.05) is 65.6 Å². The smallest absolute Gasteiger partial charge is 0.262 e. The number of para-hydroxylation sites is 5. The highest BCUT2D eigenvalue weighted by atomic mass is 16.5. The molecule has 7 nitrogen and oxygen atoms in total. The van der Waals surface area contributed by atoms with Crippen LogP contribution in [-0.2, 0) is 9.59 Å². The second kappa shape index (κ2) is 9.21. The Labute approximate surface area is 180 Å². The normalized spacial score (nSPS) is 14.7. The van der Waals surface area contributed by atoms with Crippen LogP contribution in [0.1, 0.15) is 0 Å². The Bertz CT molecular complexity index is 1070. The average Bonchev–Trinajstić information content (AvgIpc) is 2.80. The van der Waals surface area contributed by atoms with Crippen LogP contribution in [0, 0.1) is 0 Å². The third-order valence-electron chi connectivity index (χ3n) is 4.87. The van der Waals surface area contributed by atoms with Crippen molar-refractivity contribution >= 4 is 23.2 Å². The Balaban J connectivity index is 1.49. The predicted octanol–water partition coefficient (Wildman–Crippen LogP) is 3.43. The molecule has 1 aliphatic heterocycles. The van der Waals surface area contributed by atoms with E-state index in [1.54, 1.807) is 25.2 Å². The molecule has 3 aromatic carbocycles. The van der Waals surface area contributed by atoms with Crippen LogP contribution in [0.25, 0.3) is 0 Å². The molecule has 1 aliphatic rings. The lowest BCUT2D eigenvalue weighted by Gasteiger charge is -2.35. The number of hydrogen-bond donors (Lipinski definition) is 2. The van der Waals surface area contributed by atoms with Crippen LogP contribution in [0.3, 0.4) is 0 Å². The van der Waals surface area contributed by atoms with Gasteiger partial charge >= 0.3 is 0 Å². The van der Waals surface area contributed by atoms with Crippen LogP contribution < -0.4 is 25.0 Å². The first-order valence-corrected chi connectivity index (χ1v) is 9.98. The van der Waals surface area contributed by atoms with Gasteiger partial charge in [0.25, 0.3) is 5.91 Å². The number of rotatable bonds is 6. The molecule has 2 amide bonds. The van der Waals surface area contributed by atoms with E-state index in [-0.39, 0.29) is 24.9 Å². The average molecular weight is 417 g/mol. The second-order valence-electron chi connectivity index (χ2n) is 7.03. The van der Waals surface area contributed by atoms with Gasteiger partial charge in [-0.05, 0) is 36.4 Å². The van der Waals surface area contributed by atoms with Gasteiger partial charge in [0, 0.05) is 7.05 Å². The van der Waals surface area contributed by atoms with Crippen molar-refractivity contribution in [3.05, 3.63) is 78.9 Å². The fourth-order valence-electron chi connectivity index (χ4n) is 3.39. The molecule has 0 spiro atoms. The zero-order valence-electron chi connectivity index (χ0n) is 17.1. The van der Waals surface area contributed by atoms with E-state index >= 15 is 0 Å². The van der Waals surface area contributed by atoms with E-state index < -0.39 is 6.10 Å². The van der Waals surface area contributed by atoms with Crippen LogP contribution in [-0.4, -0.2) is 38.1 Å². The minimum Gasteiger partial charge on any atom is -0.477 e. The Kier molecular flexibility index (Phi) is 6.03. The SMILES string of the molecule is CNC(=O)[C@@H]1CN(CC(=O)Nc2ccccc2Oc2ccccc2)c2ccccc2O1. The summed E-state index contributed by atoms with van der Waals surface area (Å²) in [5, 5.41) is 5.52. The summed E-state index contributed by atoms with van der Waals surface area (Å²) in [6.45, 7) is 0.333. The standard InChI is InChI=1S/C24H23N3O4/c1-25-24(29)22-15-27(19-12-6-8-14-21(19)31-22)16-23(28)26-18-11-5-7-13-20(18)30-17-9-3-2-4-10-17/h2-14,22H,15-16H2,1H3,(H,25,29)(H,26,28)/t22-/m0/s1. The third kappa shape index (κ3) is 4.78.